The molecule has 1 aromatic rings. The number of anilines is 1. The predicted molar refractivity (Wildman–Crippen MR) is 99.3 cm³/mol. The van der Waals surface area contributed by atoms with Crippen molar-refractivity contribution in [1.29, 1.82) is 0 Å². The minimum absolute atomic E-state index is 0.276. The number of allylic oxidation sites excluding steroid dienone is 4. The molecule has 0 spiro atoms. The second kappa shape index (κ2) is 6.17. The van der Waals surface area contributed by atoms with Crippen molar-refractivity contribution in [2.45, 2.75) is 32.1 Å². The van der Waals surface area contributed by atoms with Crippen molar-refractivity contribution >= 4 is 28.7 Å². The second-order valence-electron chi connectivity index (χ2n) is 6.76. The lowest BCUT2D eigenvalue weighted by Crippen LogP contribution is -2.25. The van der Waals surface area contributed by atoms with E-state index in [0.717, 1.165) is 37.8 Å². The smallest absolute Gasteiger partial charge is 0.190 e. The van der Waals surface area contributed by atoms with E-state index in [1.54, 1.807) is 7.11 Å². The van der Waals surface area contributed by atoms with Crippen molar-refractivity contribution in [3.63, 3.8) is 0 Å². The standard InChI is InChI=1S/C20H21NO2S/c1-23-20(24)15-4-7-19-14(10-15)8-9-21(19)17-5-2-13-3-6-18(22)12-16(13)11-17/h4,7,10-13H,2-3,5-6,8-9H2,1H3. The molecule has 0 amide bonds. The number of benzene rings is 1. The van der Waals surface area contributed by atoms with Crippen LogP contribution in [0.3, 0.4) is 0 Å². The molecule has 0 saturated heterocycles. The fourth-order valence-corrected chi connectivity index (χ4v) is 4.20. The number of hydrogen-bond donors (Lipinski definition) is 0. The van der Waals surface area contributed by atoms with E-state index in [-0.39, 0.29) is 5.78 Å². The summed E-state index contributed by atoms with van der Waals surface area (Å²) in [6.45, 7) is 0.996. The zero-order valence-electron chi connectivity index (χ0n) is 13.9. The minimum Gasteiger partial charge on any atom is -0.486 e. The van der Waals surface area contributed by atoms with Gasteiger partial charge in [0.1, 0.15) is 0 Å². The maximum Gasteiger partial charge on any atom is 0.190 e. The molecule has 1 unspecified atom stereocenters. The Morgan fingerprint density at radius 3 is 2.88 bits per heavy atom. The fraction of sp³-hybridized carbons (Fsp3) is 0.400. The van der Waals surface area contributed by atoms with Gasteiger partial charge in [0, 0.05) is 29.9 Å². The summed E-state index contributed by atoms with van der Waals surface area (Å²) in [6, 6.07) is 6.34. The van der Waals surface area contributed by atoms with Crippen LogP contribution in [0.5, 0.6) is 0 Å². The number of nitrogens with zero attached hydrogens (tertiary/aromatic N) is 1. The lowest BCUT2D eigenvalue weighted by molar-refractivity contribution is -0.115. The highest BCUT2D eigenvalue weighted by molar-refractivity contribution is 7.80. The van der Waals surface area contributed by atoms with Crippen molar-refractivity contribution in [2.24, 2.45) is 5.92 Å². The molecule has 1 atom stereocenters. The highest BCUT2D eigenvalue weighted by Crippen LogP contribution is 2.40. The minimum atomic E-state index is 0.276. The van der Waals surface area contributed by atoms with Crippen LogP contribution >= 0.6 is 12.2 Å². The molecule has 124 valence electrons. The number of fused-ring (bicyclic) bond motifs is 2. The third-order valence-electron chi connectivity index (χ3n) is 5.36. The largest absolute Gasteiger partial charge is 0.486 e. The first-order valence-electron chi connectivity index (χ1n) is 8.59. The molecule has 0 bridgehead atoms. The molecule has 1 heterocycles. The van der Waals surface area contributed by atoms with Gasteiger partial charge in [-0.3, -0.25) is 4.79 Å². The maximum absolute atomic E-state index is 11.7. The Bertz CT molecular complexity index is 778. The molecule has 4 rings (SSSR count). The van der Waals surface area contributed by atoms with E-state index < -0.39 is 0 Å². The summed E-state index contributed by atoms with van der Waals surface area (Å²) in [5, 5.41) is 0.543. The Morgan fingerprint density at radius 1 is 1.21 bits per heavy atom. The number of methoxy groups -OCH3 is 1. The Balaban J connectivity index is 1.64. The van der Waals surface area contributed by atoms with Gasteiger partial charge in [0.2, 0.25) is 0 Å². The quantitative estimate of drug-likeness (QED) is 0.763. The molecular formula is C20H21NO2S. The van der Waals surface area contributed by atoms with E-state index in [1.165, 1.54) is 22.5 Å². The van der Waals surface area contributed by atoms with Crippen molar-refractivity contribution in [3.05, 3.63) is 52.7 Å². The van der Waals surface area contributed by atoms with E-state index in [1.807, 2.05) is 12.1 Å². The zero-order valence-corrected chi connectivity index (χ0v) is 14.7. The lowest BCUT2D eigenvalue weighted by Gasteiger charge is -2.32. The van der Waals surface area contributed by atoms with Crippen LogP contribution in [0.25, 0.3) is 0 Å². The molecule has 24 heavy (non-hydrogen) atoms. The number of ether oxygens (including phenoxy) is 1. The van der Waals surface area contributed by atoms with E-state index in [4.69, 9.17) is 17.0 Å². The van der Waals surface area contributed by atoms with Crippen LogP contribution < -0.4 is 4.90 Å². The Labute approximate surface area is 148 Å². The van der Waals surface area contributed by atoms with Crippen LogP contribution in [-0.2, 0) is 16.0 Å². The predicted octanol–water partition coefficient (Wildman–Crippen LogP) is 3.95. The molecule has 0 N–H and O–H groups in total. The van der Waals surface area contributed by atoms with Crippen molar-refractivity contribution in [3.8, 4) is 0 Å². The summed E-state index contributed by atoms with van der Waals surface area (Å²) in [6.07, 6.45) is 9.12. The van der Waals surface area contributed by atoms with E-state index in [0.29, 0.717) is 17.4 Å². The molecule has 3 nitrogen and oxygen atoms in total. The van der Waals surface area contributed by atoms with Crippen LogP contribution in [0.4, 0.5) is 5.69 Å². The Kier molecular flexibility index (Phi) is 4.01. The van der Waals surface area contributed by atoms with Crippen LogP contribution in [0, 0.1) is 5.92 Å². The molecular weight excluding hydrogens is 318 g/mol. The number of rotatable bonds is 2. The third kappa shape index (κ3) is 2.69. The topological polar surface area (TPSA) is 29.5 Å². The second-order valence-corrected chi connectivity index (χ2v) is 7.13. The first kappa shape index (κ1) is 15.6. The van der Waals surface area contributed by atoms with E-state index >= 15 is 0 Å². The highest BCUT2D eigenvalue weighted by atomic mass is 32.1. The summed E-state index contributed by atoms with van der Waals surface area (Å²) in [5.74, 6) is 0.855. The van der Waals surface area contributed by atoms with E-state index in [2.05, 4.69) is 23.1 Å². The average molecular weight is 339 g/mol. The summed E-state index contributed by atoms with van der Waals surface area (Å²) in [7, 11) is 1.62. The van der Waals surface area contributed by atoms with Gasteiger partial charge < -0.3 is 9.64 Å². The first-order valence-corrected chi connectivity index (χ1v) is 9.00. The molecule has 0 fully saturated rings. The van der Waals surface area contributed by atoms with Gasteiger partial charge >= 0.3 is 0 Å². The van der Waals surface area contributed by atoms with Crippen LogP contribution in [0.15, 0.2) is 41.6 Å². The van der Waals surface area contributed by atoms with Crippen LogP contribution in [-0.4, -0.2) is 24.5 Å². The van der Waals surface area contributed by atoms with Gasteiger partial charge in [-0.05, 0) is 85.3 Å². The van der Waals surface area contributed by atoms with Gasteiger partial charge in [-0.2, -0.15) is 0 Å². The van der Waals surface area contributed by atoms with Gasteiger partial charge in [0.25, 0.3) is 0 Å². The summed E-state index contributed by atoms with van der Waals surface area (Å²) in [4.78, 5) is 14.1. The average Bonchev–Trinajstić information content (AvgIpc) is 3.03. The highest BCUT2D eigenvalue weighted by Gasteiger charge is 2.29. The van der Waals surface area contributed by atoms with Crippen molar-refractivity contribution < 1.29 is 9.53 Å². The Hall–Kier alpha value is -1.94. The lowest BCUT2D eigenvalue weighted by atomic mass is 9.79. The van der Waals surface area contributed by atoms with Gasteiger partial charge in [-0.15, -0.1) is 0 Å². The summed E-state index contributed by atoms with van der Waals surface area (Å²) >= 11 is 5.24. The van der Waals surface area contributed by atoms with Gasteiger partial charge in [0.15, 0.2) is 10.8 Å². The van der Waals surface area contributed by atoms with Gasteiger partial charge in [-0.1, -0.05) is 0 Å². The van der Waals surface area contributed by atoms with Crippen LogP contribution in [0.1, 0.15) is 36.8 Å². The molecule has 1 aliphatic heterocycles. The van der Waals surface area contributed by atoms with Crippen molar-refractivity contribution in [2.75, 3.05) is 18.6 Å². The monoisotopic (exact) mass is 339 g/mol. The maximum atomic E-state index is 11.7. The number of carbonyl (C=O) groups is 1. The fourth-order valence-electron chi connectivity index (χ4n) is 4.07. The van der Waals surface area contributed by atoms with Gasteiger partial charge in [0.05, 0.1) is 7.11 Å². The molecule has 0 radical (unpaired) electrons. The number of carbonyl (C=O) groups excluding carboxylic acids is 1. The molecule has 2 aliphatic carbocycles. The van der Waals surface area contributed by atoms with E-state index in [9.17, 15) is 4.79 Å². The Morgan fingerprint density at radius 2 is 2.04 bits per heavy atom. The summed E-state index contributed by atoms with van der Waals surface area (Å²) < 4.78 is 5.18. The zero-order chi connectivity index (χ0) is 16.7. The molecule has 1 aromatic carbocycles. The number of thiocarbonyl (C=S) groups is 1. The third-order valence-corrected chi connectivity index (χ3v) is 5.77. The van der Waals surface area contributed by atoms with Crippen molar-refractivity contribution in [1.82, 2.24) is 0 Å². The van der Waals surface area contributed by atoms with Crippen LogP contribution in [0.2, 0.25) is 0 Å². The molecule has 0 aromatic heterocycles. The first-order chi connectivity index (χ1) is 11.7. The molecule has 0 saturated carbocycles. The van der Waals surface area contributed by atoms with Gasteiger partial charge in [-0.25, -0.2) is 0 Å². The number of ketones is 1. The normalized spacial score (nSPS) is 22.5. The number of hydrogen-bond acceptors (Lipinski definition) is 4. The molecule has 4 heteroatoms. The molecule has 3 aliphatic rings. The SMILES string of the molecule is COC(=S)c1ccc2c(c1)CCN2C1=CC2=CC(=O)CCC2CC1. The summed E-state index contributed by atoms with van der Waals surface area (Å²) in [5.41, 5.74) is 6.14.